The maximum atomic E-state index is 11.4. The Morgan fingerprint density at radius 2 is 1.95 bits per heavy atom. The molecule has 19 heavy (non-hydrogen) atoms. The predicted molar refractivity (Wildman–Crippen MR) is 70.6 cm³/mol. The minimum atomic E-state index is -0.390. The summed E-state index contributed by atoms with van der Waals surface area (Å²) in [7, 11) is 3.19. The molecule has 1 amide bonds. The average Bonchev–Trinajstić information content (AvgIpc) is 2.40. The lowest BCUT2D eigenvalue weighted by Crippen LogP contribution is -2.46. The Morgan fingerprint density at radius 1 is 1.26 bits per heavy atom. The molecule has 1 fully saturated rings. The van der Waals surface area contributed by atoms with Gasteiger partial charge in [-0.3, -0.25) is 0 Å². The van der Waals surface area contributed by atoms with Crippen molar-refractivity contribution in [2.45, 2.75) is 19.9 Å². The molecule has 0 bridgehead atoms. The van der Waals surface area contributed by atoms with Crippen LogP contribution in [0.2, 0.25) is 0 Å². The van der Waals surface area contributed by atoms with Crippen LogP contribution >= 0.6 is 0 Å². The smallest absolute Gasteiger partial charge is 0.407 e. The molecule has 2 rings (SSSR count). The largest absolute Gasteiger partial charge is 0.493 e. The zero-order chi connectivity index (χ0) is 14.0. The van der Waals surface area contributed by atoms with E-state index in [1.165, 1.54) is 0 Å². The quantitative estimate of drug-likeness (QED) is 0.912. The summed E-state index contributed by atoms with van der Waals surface area (Å²) in [6, 6.07) is 5.54. The number of alkyl carbamates (subject to hydrolysis) is 1. The molecule has 0 spiro atoms. The van der Waals surface area contributed by atoms with E-state index >= 15 is 0 Å². The highest BCUT2D eigenvalue weighted by Gasteiger charge is 2.38. The molecule has 1 saturated heterocycles. The van der Waals surface area contributed by atoms with Gasteiger partial charge in [0.25, 0.3) is 0 Å². The van der Waals surface area contributed by atoms with Crippen LogP contribution in [0.25, 0.3) is 0 Å². The first-order chi connectivity index (χ1) is 8.97. The van der Waals surface area contributed by atoms with E-state index in [-0.39, 0.29) is 17.6 Å². The van der Waals surface area contributed by atoms with Gasteiger partial charge in [-0.15, -0.1) is 0 Å². The second-order valence-electron chi connectivity index (χ2n) is 5.26. The van der Waals surface area contributed by atoms with Gasteiger partial charge in [0, 0.05) is 5.41 Å². The second-order valence-corrected chi connectivity index (χ2v) is 5.26. The van der Waals surface area contributed by atoms with Gasteiger partial charge in [0.05, 0.1) is 20.3 Å². The number of hydrogen-bond donors (Lipinski definition) is 1. The van der Waals surface area contributed by atoms with E-state index in [0.717, 1.165) is 5.56 Å². The summed E-state index contributed by atoms with van der Waals surface area (Å²) in [5.74, 6) is 1.32. The van der Waals surface area contributed by atoms with Gasteiger partial charge in [-0.05, 0) is 17.7 Å². The van der Waals surface area contributed by atoms with Crippen molar-refractivity contribution in [3.63, 3.8) is 0 Å². The highest BCUT2D eigenvalue weighted by Crippen LogP contribution is 2.39. The summed E-state index contributed by atoms with van der Waals surface area (Å²) in [5, 5.41) is 2.85. The third kappa shape index (κ3) is 2.59. The number of ether oxygens (including phenoxy) is 3. The highest BCUT2D eigenvalue weighted by molar-refractivity contribution is 5.69. The van der Waals surface area contributed by atoms with E-state index in [1.807, 2.05) is 32.0 Å². The molecule has 1 aromatic carbocycles. The van der Waals surface area contributed by atoms with Gasteiger partial charge in [0.15, 0.2) is 11.5 Å². The fourth-order valence-corrected chi connectivity index (χ4v) is 2.26. The maximum Gasteiger partial charge on any atom is 0.407 e. The highest BCUT2D eigenvalue weighted by atomic mass is 16.6. The number of carbonyl (C=O) groups excluding carboxylic acids is 1. The molecule has 1 N–H and O–H groups in total. The first-order valence-electron chi connectivity index (χ1n) is 6.13. The van der Waals surface area contributed by atoms with Crippen LogP contribution < -0.4 is 14.8 Å². The fraction of sp³-hybridized carbons (Fsp3) is 0.500. The Morgan fingerprint density at radius 3 is 2.58 bits per heavy atom. The van der Waals surface area contributed by atoms with Gasteiger partial charge in [0.2, 0.25) is 0 Å². The van der Waals surface area contributed by atoms with Gasteiger partial charge in [-0.1, -0.05) is 19.9 Å². The summed E-state index contributed by atoms with van der Waals surface area (Å²) in [4.78, 5) is 11.4. The van der Waals surface area contributed by atoms with Crippen LogP contribution in [0.1, 0.15) is 25.5 Å². The van der Waals surface area contributed by atoms with Gasteiger partial charge in [-0.25, -0.2) is 4.79 Å². The molecule has 0 unspecified atom stereocenters. The average molecular weight is 265 g/mol. The van der Waals surface area contributed by atoms with Crippen molar-refractivity contribution in [3.05, 3.63) is 23.8 Å². The summed E-state index contributed by atoms with van der Waals surface area (Å²) in [6.45, 7) is 4.49. The van der Waals surface area contributed by atoms with Crippen LogP contribution in [0, 0.1) is 5.41 Å². The van der Waals surface area contributed by atoms with Gasteiger partial charge in [-0.2, -0.15) is 0 Å². The molecular formula is C14H19NO4. The summed E-state index contributed by atoms with van der Waals surface area (Å²) in [6.07, 6.45) is -0.390. The summed E-state index contributed by atoms with van der Waals surface area (Å²) in [5.41, 5.74) is 0.785. The van der Waals surface area contributed by atoms with Crippen molar-refractivity contribution in [1.82, 2.24) is 5.32 Å². The number of rotatable bonds is 3. The minimum absolute atomic E-state index is 0.117. The van der Waals surface area contributed by atoms with Crippen LogP contribution in [-0.4, -0.2) is 26.9 Å². The molecule has 5 heteroatoms. The predicted octanol–water partition coefficient (Wildman–Crippen LogP) is 2.51. The van der Waals surface area contributed by atoms with Crippen LogP contribution in [0.4, 0.5) is 4.79 Å². The lowest BCUT2D eigenvalue weighted by Gasteiger charge is -2.38. The molecule has 0 aliphatic carbocycles. The SMILES string of the molecule is COc1ccc([C@@H]2NC(=O)OCC2(C)C)cc1OC. The zero-order valence-electron chi connectivity index (χ0n) is 11.6. The number of nitrogens with one attached hydrogen (secondary N) is 1. The summed E-state index contributed by atoms with van der Waals surface area (Å²) < 4.78 is 15.5. The standard InChI is InChI=1S/C14H19NO4/c1-14(2)8-19-13(16)15-12(14)9-5-6-10(17-3)11(7-9)18-4/h5-7,12H,8H2,1-4H3,(H,15,16)/t12-/m0/s1. The maximum absolute atomic E-state index is 11.4. The zero-order valence-corrected chi connectivity index (χ0v) is 11.6. The van der Waals surface area contributed by atoms with E-state index in [1.54, 1.807) is 14.2 Å². The fourth-order valence-electron chi connectivity index (χ4n) is 2.26. The Balaban J connectivity index is 2.37. The molecule has 0 saturated carbocycles. The first-order valence-corrected chi connectivity index (χ1v) is 6.13. The van der Waals surface area contributed by atoms with E-state index in [0.29, 0.717) is 18.1 Å². The molecule has 1 aromatic rings. The monoisotopic (exact) mass is 265 g/mol. The molecular weight excluding hydrogens is 246 g/mol. The van der Waals surface area contributed by atoms with Crippen molar-refractivity contribution in [2.24, 2.45) is 5.41 Å². The van der Waals surface area contributed by atoms with E-state index in [2.05, 4.69) is 5.32 Å². The normalized spacial score (nSPS) is 21.3. The molecule has 1 aliphatic rings. The Bertz CT molecular complexity index is 484. The minimum Gasteiger partial charge on any atom is -0.493 e. The lowest BCUT2D eigenvalue weighted by molar-refractivity contribution is 0.0386. The van der Waals surface area contributed by atoms with Crippen molar-refractivity contribution >= 4 is 6.09 Å². The number of methoxy groups -OCH3 is 2. The van der Waals surface area contributed by atoms with Crippen molar-refractivity contribution in [1.29, 1.82) is 0 Å². The summed E-state index contributed by atoms with van der Waals surface area (Å²) >= 11 is 0. The molecule has 1 aliphatic heterocycles. The van der Waals surface area contributed by atoms with Crippen molar-refractivity contribution < 1.29 is 19.0 Å². The number of carbonyl (C=O) groups is 1. The number of benzene rings is 1. The van der Waals surface area contributed by atoms with E-state index in [9.17, 15) is 4.79 Å². The lowest BCUT2D eigenvalue weighted by atomic mass is 9.80. The molecule has 104 valence electrons. The Labute approximate surface area is 112 Å². The van der Waals surface area contributed by atoms with Crippen LogP contribution in [0.3, 0.4) is 0 Å². The van der Waals surface area contributed by atoms with Crippen molar-refractivity contribution in [2.75, 3.05) is 20.8 Å². The number of amides is 1. The Hall–Kier alpha value is -1.91. The van der Waals surface area contributed by atoms with Gasteiger partial charge in [0.1, 0.15) is 6.61 Å². The molecule has 1 heterocycles. The number of cyclic esters (lactones) is 1. The second kappa shape index (κ2) is 4.99. The van der Waals surface area contributed by atoms with E-state index < -0.39 is 0 Å². The Kier molecular flexibility index (Phi) is 3.55. The number of hydrogen-bond acceptors (Lipinski definition) is 4. The first kappa shape index (κ1) is 13.5. The molecule has 1 atom stereocenters. The topological polar surface area (TPSA) is 56.8 Å². The third-order valence-electron chi connectivity index (χ3n) is 3.36. The van der Waals surface area contributed by atoms with Crippen LogP contribution in [0.5, 0.6) is 11.5 Å². The molecule has 0 radical (unpaired) electrons. The van der Waals surface area contributed by atoms with Gasteiger partial charge >= 0.3 is 6.09 Å². The molecule has 5 nitrogen and oxygen atoms in total. The molecule has 0 aromatic heterocycles. The van der Waals surface area contributed by atoms with E-state index in [4.69, 9.17) is 14.2 Å². The van der Waals surface area contributed by atoms with Crippen LogP contribution in [0.15, 0.2) is 18.2 Å². The van der Waals surface area contributed by atoms with Crippen molar-refractivity contribution in [3.8, 4) is 11.5 Å². The van der Waals surface area contributed by atoms with Crippen LogP contribution in [-0.2, 0) is 4.74 Å². The third-order valence-corrected chi connectivity index (χ3v) is 3.36. The van der Waals surface area contributed by atoms with Gasteiger partial charge < -0.3 is 19.5 Å².